The predicted octanol–water partition coefficient (Wildman–Crippen LogP) is 5.03. The van der Waals surface area contributed by atoms with Gasteiger partial charge in [0.1, 0.15) is 0 Å². The molecule has 1 amide bonds. The summed E-state index contributed by atoms with van der Waals surface area (Å²) < 4.78 is 0. The first-order valence-corrected chi connectivity index (χ1v) is 9.91. The second kappa shape index (κ2) is 8.31. The number of non-ortho nitro benzene ring substituents is 1. The van der Waals surface area contributed by atoms with Crippen LogP contribution in [-0.4, -0.2) is 16.9 Å². The Labute approximate surface area is 169 Å². The number of nitrogens with one attached hydrogen (secondary N) is 2. The van der Waals surface area contributed by atoms with Gasteiger partial charge in [0.05, 0.1) is 10.5 Å². The van der Waals surface area contributed by atoms with Crippen LogP contribution in [0.15, 0.2) is 60.7 Å². The van der Waals surface area contributed by atoms with Crippen LogP contribution in [0.25, 0.3) is 10.8 Å². The van der Waals surface area contributed by atoms with Crippen molar-refractivity contribution in [1.29, 1.82) is 0 Å². The molecular formula is C23H23N3O3. The largest absolute Gasteiger partial charge is 0.382 e. The number of anilines is 1. The van der Waals surface area contributed by atoms with Gasteiger partial charge < -0.3 is 10.6 Å². The zero-order chi connectivity index (χ0) is 20.2. The van der Waals surface area contributed by atoms with Crippen molar-refractivity contribution in [3.05, 3.63) is 81.9 Å². The Balaban J connectivity index is 1.57. The highest BCUT2D eigenvalue weighted by atomic mass is 16.6. The first kappa shape index (κ1) is 18.9. The number of hydrogen-bond donors (Lipinski definition) is 2. The van der Waals surface area contributed by atoms with Crippen LogP contribution in [0.1, 0.15) is 41.6 Å². The summed E-state index contributed by atoms with van der Waals surface area (Å²) in [4.78, 5) is 23.7. The Morgan fingerprint density at radius 2 is 1.79 bits per heavy atom. The maximum Gasteiger partial charge on any atom is 0.270 e. The molecular weight excluding hydrogens is 366 g/mol. The lowest BCUT2D eigenvalue weighted by Gasteiger charge is -2.17. The smallest absolute Gasteiger partial charge is 0.270 e. The van der Waals surface area contributed by atoms with Crippen LogP contribution in [-0.2, 0) is 6.54 Å². The topological polar surface area (TPSA) is 84.3 Å². The molecule has 0 atom stereocenters. The van der Waals surface area contributed by atoms with E-state index in [4.69, 9.17) is 0 Å². The summed E-state index contributed by atoms with van der Waals surface area (Å²) >= 11 is 0. The summed E-state index contributed by atoms with van der Waals surface area (Å²) in [7, 11) is 0. The fourth-order valence-corrected chi connectivity index (χ4v) is 3.97. The van der Waals surface area contributed by atoms with Crippen LogP contribution in [0.2, 0.25) is 0 Å². The van der Waals surface area contributed by atoms with Gasteiger partial charge in [0.15, 0.2) is 0 Å². The number of nitro groups is 1. The average Bonchev–Trinajstić information content (AvgIpc) is 3.25. The number of benzene rings is 3. The van der Waals surface area contributed by atoms with Gasteiger partial charge in [0.2, 0.25) is 0 Å². The van der Waals surface area contributed by atoms with Gasteiger partial charge in [-0.3, -0.25) is 14.9 Å². The number of amides is 1. The molecule has 1 aliphatic rings. The molecule has 6 nitrogen and oxygen atoms in total. The highest BCUT2D eigenvalue weighted by Gasteiger charge is 2.21. The third-order valence-corrected chi connectivity index (χ3v) is 5.49. The minimum Gasteiger partial charge on any atom is -0.382 e. The van der Waals surface area contributed by atoms with E-state index in [0.717, 1.165) is 42.0 Å². The molecule has 3 aromatic rings. The maximum atomic E-state index is 12.9. The minimum absolute atomic E-state index is 0.0858. The number of rotatable bonds is 6. The molecule has 1 aliphatic carbocycles. The third kappa shape index (κ3) is 4.21. The highest BCUT2D eigenvalue weighted by Crippen LogP contribution is 2.27. The van der Waals surface area contributed by atoms with Crippen molar-refractivity contribution in [2.24, 2.45) is 0 Å². The van der Waals surface area contributed by atoms with Gasteiger partial charge >= 0.3 is 0 Å². The zero-order valence-electron chi connectivity index (χ0n) is 16.1. The van der Waals surface area contributed by atoms with E-state index >= 15 is 0 Å². The van der Waals surface area contributed by atoms with Crippen LogP contribution in [0.3, 0.4) is 0 Å². The molecule has 0 bridgehead atoms. The Morgan fingerprint density at radius 3 is 2.59 bits per heavy atom. The Kier molecular flexibility index (Phi) is 5.42. The normalized spacial score (nSPS) is 14.1. The monoisotopic (exact) mass is 389 g/mol. The molecule has 0 radical (unpaired) electrons. The van der Waals surface area contributed by atoms with Crippen LogP contribution in [0, 0.1) is 10.1 Å². The molecule has 1 fully saturated rings. The molecule has 3 aromatic carbocycles. The van der Waals surface area contributed by atoms with Crippen molar-refractivity contribution < 1.29 is 9.72 Å². The molecule has 0 aromatic heterocycles. The standard InChI is InChI=1S/C23H23N3O3/c27-23(24-15-17-8-5-7-16-6-1-4-11-20(16)17)21-14-19(26(28)29)12-13-22(21)25-18-9-2-3-10-18/h1,4-8,11-14,18,25H,2-3,9-10,15H2,(H,24,27). The van der Waals surface area contributed by atoms with Gasteiger partial charge in [-0.2, -0.15) is 0 Å². The molecule has 0 unspecified atom stereocenters. The van der Waals surface area contributed by atoms with E-state index in [0.29, 0.717) is 23.8 Å². The quantitative estimate of drug-likeness (QED) is 0.457. The first-order valence-electron chi connectivity index (χ1n) is 9.91. The third-order valence-electron chi connectivity index (χ3n) is 5.49. The lowest BCUT2D eigenvalue weighted by Crippen LogP contribution is -2.25. The second-order valence-corrected chi connectivity index (χ2v) is 7.43. The summed E-state index contributed by atoms with van der Waals surface area (Å²) in [5, 5.41) is 19.7. The van der Waals surface area contributed by atoms with Gasteiger partial charge in [0.25, 0.3) is 11.6 Å². The van der Waals surface area contributed by atoms with Crippen LogP contribution in [0.4, 0.5) is 11.4 Å². The lowest BCUT2D eigenvalue weighted by molar-refractivity contribution is -0.384. The maximum absolute atomic E-state index is 12.9. The average molecular weight is 389 g/mol. The number of hydrogen-bond acceptors (Lipinski definition) is 4. The van der Waals surface area contributed by atoms with Gasteiger partial charge in [-0.15, -0.1) is 0 Å². The second-order valence-electron chi connectivity index (χ2n) is 7.43. The van der Waals surface area contributed by atoms with Gasteiger partial charge in [-0.25, -0.2) is 0 Å². The van der Waals surface area contributed by atoms with Gasteiger partial charge in [0, 0.05) is 30.4 Å². The summed E-state index contributed by atoms with van der Waals surface area (Å²) in [6, 6.07) is 18.7. The van der Waals surface area contributed by atoms with Crippen LogP contribution >= 0.6 is 0 Å². The van der Waals surface area contributed by atoms with E-state index in [1.807, 2.05) is 42.5 Å². The van der Waals surface area contributed by atoms with E-state index in [-0.39, 0.29) is 11.6 Å². The summed E-state index contributed by atoms with van der Waals surface area (Å²) in [5.74, 6) is -0.317. The van der Waals surface area contributed by atoms with Crippen molar-refractivity contribution in [2.45, 2.75) is 38.3 Å². The molecule has 6 heteroatoms. The molecule has 2 N–H and O–H groups in total. The number of nitrogens with zero attached hydrogens (tertiary/aromatic N) is 1. The highest BCUT2D eigenvalue weighted by molar-refractivity contribution is 6.00. The van der Waals surface area contributed by atoms with E-state index < -0.39 is 4.92 Å². The Bertz CT molecular complexity index is 1050. The molecule has 0 saturated heterocycles. The van der Waals surface area contributed by atoms with Crippen molar-refractivity contribution in [3.8, 4) is 0 Å². The fraction of sp³-hybridized carbons (Fsp3) is 0.261. The summed E-state index contributed by atoms with van der Waals surface area (Å²) in [6.45, 7) is 0.353. The molecule has 148 valence electrons. The van der Waals surface area contributed by atoms with Crippen molar-refractivity contribution in [3.63, 3.8) is 0 Å². The molecule has 0 aliphatic heterocycles. The van der Waals surface area contributed by atoms with Gasteiger partial charge in [-0.05, 0) is 35.2 Å². The molecule has 4 rings (SSSR count). The number of carbonyl (C=O) groups excluding carboxylic acids is 1. The molecule has 0 heterocycles. The van der Waals surface area contributed by atoms with Crippen LogP contribution < -0.4 is 10.6 Å². The molecule has 29 heavy (non-hydrogen) atoms. The first-order chi connectivity index (χ1) is 14.1. The van der Waals surface area contributed by atoms with Crippen molar-refractivity contribution in [2.75, 3.05) is 5.32 Å². The summed E-state index contributed by atoms with van der Waals surface area (Å²) in [5.41, 5.74) is 1.88. The van der Waals surface area contributed by atoms with Crippen molar-refractivity contribution in [1.82, 2.24) is 5.32 Å². The van der Waals surface area contributed by atoms with E-state index in [1.54, 1.807) is 6.07 Å². The molecule has 0 spiro atoms. The van der Waals surface area contributed by atoms with Gasteiger partial charge in [-0.1, -0.05) is 55.3 Å². The number of carbonyl (C=O) groups is 1. The van der Waals surface area contributed by atoms with Crippen LogP contribution in [0.5, 0.6) is 0 Å². The number of fused-ring (bicyclic) bond motifs is 1. The van der Waals surface area contributed by atoms with Crippen molar-refractivity contribution >= 4 is 28.1 Å². The predicted molar refractivity (Wildman–Crippen MR) is 114 cm³/mol. The SMILES string of the molecule is O=C(NCc1cccc2ccccc12)c1cc([N+](=O)[O-])ccc1NC1CCCC1. The number of nitro benzene ring substituents is 1. The summed E-state index contributed by atoms with van der Waals surface area (Å²) in [6.07, 6.45) is 4.42. The molecule has 1 saturated carbocycles. The minimum atomic E-state index is -0.471. The van der Waals surface area contributed by atoms with E-state index in [9.17, 15) is 14.9 Å². The fourth-order valence-electron chi connectivity index (χ4n) is 3.97. The Hall–Kier alpha value is -3.41. The Morgan fingerprint density at radius 1 is 1.03 bits per heavy atom. The van der Waals surface area contributed by atoms with E-state index in [1.165, 1.54) is 12.1 Å². The zero-order valence-corrected chi connectivity index (χ0v) is 16.1. The van der Waals surface area contributed by atoms with E-state index in [2.05, 4.69) is 10.6 Å². The lowest BCUT2D eigenvalue weighted by atomic mass is 10.0.